The first-order chi connectivity index (χ1) is 15.3. The number of ketones is 1. The number of Topliss-reactive ketones (excluding diaryl/α,β-unsaturated/α-hetero) is 1. The van der Waals surface area contributed by atoms with Gasteiger partial charge < -0.3 is 9.47 Å². The highest BCUT2D eigenvalue weighted by molar-refractivity contribution is 7.92. The monoisotopic (exact) mass is 453 g/mol. The van der Waals surface area contributed by atoms with Crippen LogP contribution >= 0.6 is 0 Å². The molecule has 0 fully saturated rings. The van der Waals surface area contributed by atoms with E-state index < -0.39 is 22.6 Å². The Morgan fingerprint density at radius 3 is 2.22 bits per heavy atom. The molecule has 0 radical (unpaired) electrons. The van der Waals surface area contributed by atoms with Gasteiger partial charge in [-0.1, -0.05) is 37.3 Å². The quantitative estimate of drug-likeness (QED) is 0.387. The van der Waals surface area contributed by atoms with E-state index in [0.717, 1.165) is 12.0 Å². The lowest BCUT2D eigenvalue weighted by Gasteiger charge is -2.10. The number of hydrogen-bond acceptors (Lipinski definition) is 6. The summed E-state index contributed by atoms with van der Waals surface area (Å²) in [7, 11) is -2.42. The number of esters is 1. The van der Waals surface area contributed by atoms with Crippen LogP contribution in [0.15, 0.2) is 77.7 Å². The highest BCUT2D eigenvalue weighted by Crippen LogP contribution is 2.20. The lowest BCUT2D eigenvalue weighted by Crippen LogP contribution is -2.16. The molecular weight excluding hydrogens is 430 g/mol. The second-order valence-electron chi connectivity index (χ2n) is 6.91. The maximum atomic E-state index is 12.7. The first-order valence-electron chi connectivity index (χ1n) is 9.88. The highest BCUT2D eigenvalue weighted by Gasteiger charge is 2.18. The highest BCUT2D eigenvalue weighted by atomic mass is 32.2. The van der Waals surface area contributed by atoms with Gasteiger partial charge in [-0.25, -0.2) is 13.2 Å². The summed E-state index contributed by atoms with van der Waals surface area (Å²) in [5.74, 6) is -0.537. The number of benzene rings is 3. The van der Waals surface area contributed by atoms with Crippen molar-refractivity contribution in [2.24, 2.45) is 0 Å². The average molecular weight is 454 g/mol. The minimum Gasteiger partial charge on any atom is -0.497 e. The molecule has 0 amide bonds. The zero-order valence-electron chi connectivity index (χ0n) is 17.7. The molecule has 32 heavy (non-hydrogen) atoms. The van der Waals surface area contributed by atoms with Crippen LogP contribution in [0.1, 0.15) is 33.2 Å². The summed E-state index contributed by atoms with van der Waals surface area (Å²) in [6.45, 7) is 1.57. The van der Waals surface area contributed by atoms with Gasteiger partial charge in [0.25, 0.3) is 10.0 Å². The number of nitrogens with one attached hydrogen (secondary N) is 1. The summed E-state index contributed by atoms with van der Waals surface area (Å²) < 4.78 is 38.0. The molecular formula is C24H23NO6S. The number of rotatable bonds is 9. The van der Waals surface area contributed by atoms with E-state index in [9.17, 15) is 18.0 Å². The topological polar surface area (TPSA) is 98.8 Å². The molecule has 0 heterocycles. The van der Waals surface area contributed by atoms with Gasteiger partial charge in [-0.05, 0) is 54.4 Å². The largest absolute Gasteiger partial charge is 0.497 e. The van der Waals surface area contributed by atoms with Crippen molar-refractivity contribution in [2.45, 2.75) is 18.2 Å². The fraction of sp³-hybridized carbons (Fsp3) is 0.167. The molecule has 0 unspecified atom stereocenters. The fourth-order valence-electron chi connectivity index (χ4n) is 2.89. The molecule has 0 saturated carbocycles. The molecule has 8 heteroatoms. The number of hydrogen-bond donors (Lipinski definition) is 1. The smallest absolute Gasteiger partial charge is 0.338 e. The molecule has 3 aromatic carbocycles. The third kappa shape index (κ3) is 5.73. The molecule has 0 aromatic heterocycles. The van der Waals surface area contributed by atoms with Crippen LogP contribution in [0, 0.1) is 0 Å². The first-order valence-corrected chi connectivity index (χ1v) is 11.4. The van der Waals surface area contributed by atoms with Crippen molar-refractivity contribution in [3.8, 4) is 5.75 Å². The van der Waals surface area contributed by atoms with Gasteiger partial charge in [0, 0.05) is 11.3 Å². The van der Waals surface area contributed by atoms with Crippen LogP contribution in [-0.2, 0) is 21.2 Å². The van der Waals surface area contributed by atoms with Crippen LogP contribution in [0.25, 0.3) is 0 Å². The van der Waals surface area contributed by atoms with Crippen LogP contribution in [0.3, 0.4) is 0 Å². The number of carbonyl (C=O) groups is 2. The molecule has 0 aliphatic rings. The van der Waals surface area contributed by atoms with Crippen LogP contribution in [0.2, 0.25) is 0 Å². The average Bonchev–Trinajstić information content (AvgIpc) is 2.82. The predicted octanol–water partition coefficient (Wildman–Crippen LogP) is 4.10. The van der Waals surface area contributed by atoms with Crippen molar-refractivity contribution < 1.29 is 27.5 Å². The van der Waals surface area contributed by atoms with Crippen molar-refractivity contribution in [3.63, 3.8) is 0 Å². The van der Waals surface area contributed by atoms with Gasteiger partial charge in [-0.2, -0.15) is 0 Å². The minimum absolute atomic E-state index is 0.0248. The van der Waals surface area contributed by atoms with Crippen molar-refractivity contribution in [2.75, 3.05) is 18.4 Å². The number of anilines is 1. The summed E-state index contributed by atoms with van der Waals surface area (Å²) in [6.07, 6.45) is 0.857. The van der Waals surface area contributed by atoms with E-state index in [1.807, 2.05) is 19.1 Å². The molecule has 1 N–H and O–H groups in total. The first kappa shape index (κ1) is 23.0. The molecule has 3 aromatic rings. The van der Waals surface area contributed by atoms with Crippen LogP contribution in [0.5, 0.6) is 5.75 Å². The van der Waals surface area contributed by atoms with Gasteiger partial charge in [0.1, 0.15) is 5.75 Å². The molecule has 0 aliphatic carbocycles. The number of aryl methyl sites for hydroxylation is 1. The van der Waals surface area contributed by atoms with E-state index in [1.54, 1.807) is 36.4 Å². The number of methoxy groups -OCH3 is 1. The van der Waals surface area contributed by atoms with Gasteiger partial charge in [-0.3, -0.25) is 9.52 Å². The standard InChI is InChI=1S/C24H23NO6S/c1-3-17-7-9-18(10-8-17)23(26)16-31-24(27)19-5-4-6-22(15-19)32(28,29)25-20-11-13-21(30-2)14-12-20/h4-15,25H,3,16H2,1-2H3. The van der Waals surface area contributed by atoms with Crippen molar-refractivity contribution in [1.82, 2.24) is 0 Å². The van der Waals surface area contributed by atoms with Gasteiger partial charge in [0.05, 0.1) is 17.6 Å². The molecule has 0 saturated heterocycles. The van der Waals surface area contributed by atoms with Gasteiger partial charge in [0.2, 0.25) is 0 Å². The summed E-state index contributed by atoms with van der Waals surface area (Å²) in [5.41, 5.74) is 1.91. The zero-order chi connectivity index (χ0) is 23.1. The maximum Gasteiger partial charge on any atom is 0.338 e. The van der Waals surface area contributed by atoms with E-state index in [-0.39, 0.29) is 16.2 Å². The lowest BCUT2D eigenvalue weighted by molar-refractivity contribution is 0.0474. The molecule has 166 valence electrons. The lowest BCUT2D eigenvalue weighted by atomic mass is 10.1. The fourth-order valence-corrected chi connectivity index (χ4v) is 3.99. The Bertz CT molecular complexity index is 1200. The third-order valence-electron chi connectivity index (χ3n) is 4.74. The molecule has 0 aliphatic heterocycles. The second-order valence-corrected chi connectivity index (χ2v) is 8.59. The molecule has 3 rings (SSSR count). The summed E-state index contributed by atoms with van der Waals surface area (Å²) >= 11 is 0. The zero-order valence-corrected chi connectivity index (χ0v) is 18.5. The van der Waals surface area contributed by atoms with E-state index >= 15 is 0 Å². The number of carbonyl (C=O) groups excluding carboxylic acids is 2. The van der Waals surface area contributed by atoms with Crippen LogP contribution in [-0.4, -0.2) is 33.9 Å². The van der Waals surface area contributed by atoms with Gasteiger partial charge in [0.15, 0.2) is 12.4 Å². The predicted molar refractivity (Wildman–Crippen MR) is 121 cm³/mol. The van der Waals surface area contributed by atoms with Crippen molar-refractivity contribution in [3.05, 3.63) is 89.5 Å². The van der Waals surface area contributed by atoms with Crippen molar-refractivity contribution >= 4 is 27.5 Å². The Balaban J connectivity index is 1.67. The Morgan fingerprint density at radius 1 is 0.906 bits per heavy atom. The van der Waals surface area contributed by atoms with Gasteiger partial charge >= 0.3 is 5.97 Å². The van der Waals surface area contributed by atoms with Gasteiger partial charge in [-0.15, -0.1) is 0 Å². The summed E-state index contributed by atoms with van der Waals surface area (Å²) in [5, 5.41) is 0. The molecule has 7 nitrogen and oxygen atoms in total. The molecule has 0 bridgehead atoms. The molecule has 0 atom stereocenters. The maximum absolute atomic E-state index is 12.7. The summed E-state index contributed by atoms with van der Waals surface area (Å²) in [4.78, 5) is 24.5. The molecule has 0 spiro atoms. The second kappa shape index (κ2) is 10.1. The van der Waals surface area contributed by atoms with E-state index in [0.29, 0.717) is 17.0 Å². The van der Waals surface area contributed by atoms with E-state index in [2.05, 4.69) is 4.72 Å². The Kier molecular flexibility index (Phi) is 7.27. The third-order valence-corrected chi connectivity index (χ3v) is 6.12. The number of ether oxygens (including phenoxy) is 2. The normalized spacial score (nSPS) is 10.9. The van der Waals surface area contributed by atoms with Crippen LogP contribution in [0.4, 0.5) is 5.69 Å². The minimum atomic E-state index is -3.94. The number of sulfonamides is 1. The Hall–Kier alpha value is -3.65. The van der Waals surface area contributed by atoms with E-state index in [4.69, 9.17) is 9.47 Å². The van der Waals surface area contributed by atoms with Crippen molar-refractivity contribution in [1.29, 1.82) is 0 Å². The Labute approximate surface area is 187 Å². The Morgan fingerprint density at radius 2 is 1.59 bits per heavy atom. The SMILES string of the molecule is CCc1ccc(C(=O)COC(=O)c2cccc(S(=O)(=O)Nc3ccc(OC)cc3)c2)cc1. The van der Waals surface area contributed by atoms with Crippen LogP contribution < -0.4 is 9.46 Å². The van der Waals surface area contributed by atoms with E-state index in [1.165, 1.54) is 31.4 Å². The summed E-state index contributed by atoms with van der Waals surface area (Å²) in [6, 6.07) is 18.9.